The van der Waals surface area contributed by atoms with Crippen LogP contribution in [0, 0.1) is 0 Å². The van der Waals surface area contributed by atoms with Gasteiger partial charge in [0.2, 0.25) is 0 Å². The van der Waals surface area contributed by atoms with Gasteiger partial charge in [-0.05, 0) is 19.3 Å². The molecular formula is C10H15NO2. The molecule has 0 aromatic rings. The molecule has 0 saturated carbocycles. The monoisotopic (exact) mass is 181 g/mol. The highest BCUT2D eigenvalue weighted by Gasteiger charge is 2.27. The number of rotatable bonds is 1. The second kappa shape index (κ2) is 3.92. The van der Waals surface area contributed by atoms with Crippen LogP contribution < -0.4 is 0 Å². The fourth-order valence-corrected chi connectivity index (χ4v) is 1.82. The van der Waals surface area contributed by atoms with Gasteiger partial charge in [0.1, 0.15) is 6.10 Å². The Hall–Kier alpha value is -0.830. The molecule has 0 spiro atoms. The van der Waals surface area contributed by atoms with Crippen LogP contribution in [-0.4, -0.2) is 36.6 Å². The van der Waals surface area contributed by atoms with E-state index in [1.54, 1.807) is 0 Å². The van der Waals surface area contributed by atoms with Crippen molar-refractivity contribution >= 4 is 5.91 Å². The van der Waals surface area contributed by atoms with Crippen LogP contribution in [0.25, 0.3) is 0 Å². The molecule has 3 heteroatoms. The first-order chi connectivity index (χ1) is 6.38. The Labute approximate surface area is 78.4 Å². The molecule has 3 nitrogen and oxygen atoms in total. The summed E-state index contributed by atoms with van der Waals surface area (Å²) in [4.78, 5) is 13.7. The second-order valence-corrected chi connectivity index (χ2v) is 3.55. The number of ether oxygens (including phenoxy) is 1. The van der Waals surface area contributed by atoms with Crippen LogP contribution >= 0.6 is 0 Å². The van der Waals surface area contributed by atoms with Crippen molar-refractivity contribution in [3.05, 3.63) is 12.2 Å². The highest BCUT2D eigenvalue weighted by Crippen LogP contribution is 2.15. The summed E-state index contributed by atoms with van der Waals surface area (Å²) in [5.41, 5.74) is 0. The van der Waals surface area contributed by atoms with E-state index >= 15 is 0 Å². The molecular weight excluding hydrogens is 166 g/mol. The lowest BCUT2D eigenvalue weighted by Gasteiger charge is -2.25. The molecule has 1 amide bonds. The zero-order valence-corrected chi connectivity index (χ0v) is 7.74. The van der Waals surface area contributed by atoms with Gasteiger partial charge in [-0.25, -0.2) is 0 Å². The Morgan fingerprint density at radius 2 is 2.38 bits per heavy atom. The minimum Gasteiger partial charge on any atom is -0.368 e. The number of nitrogens with zero attached hydrogens (tertiary/aromatic N) is 1. The van der Waals surface area contributed by atoms with Crippen molar-refractivity contribution in [3.8, 4) is 0 Å². The molecule has 2 aliphatic heterocycles. The first-order valence-electron chi connectivity index (χ1n) is 4.93. The third-order valence-electron chi connectivity index (χ3n) is 2.57. The third kappa shape index (κ3) is 1.91. The van der Waals surface area contributed by atoms with E-state index in [1.165, 1.54) is 0 Å². The van der Waals surface area contributed by atoms with Crippen molar-refractivity contribution in [2.24, 2.45) is 0 Å². The van der Waals surface area contributed by atoms with E-state index in [0.717, 1.165) is 39.0 Å². The maximum Gasteiger partial charge on any atom is 0.251 e. The van der Waals surface area contributed by atoms with E-state index in [-0.39, 0.29) is 12.0 Å². The van der Waals surface area contributed by atoms with Crippen molar-refractivity contribution in [1.82, 2.24) is 4.90 Å². The van der Waals surface area contributed by atoms with Gasteiger partial charge in [0.15, 0.2) is 0 Å². The molecule has 0 N–H and O–H groups in total. The molecule has 13 heavy (non-hydrogen) atoms. The molecule has 0 aromatic heterocycles. The standard InChI is InChI=1S/C10H15NO2/c12-10(9-5-4-8-13-9)11-6-2-1-3-7-11/h1-2,9H,3-8H2. The molecule has 2 aliphatic rings. The molecule has 0 aliphatic carbocycles. The van der Waals surface area contributed by atoms with Crippen LogP contribution in [-0.2, 0) is 9.53 Å². The van der Waals surface area contributed by atoms with Gasteiger partial charge >= 0.3 is 0 Å². The summed E-state index contributed by atoms with van der Waals surface area (Å²) in [6.45, 7) is 2.37. The molecule has 0 aromatic carbocycles. The molecule has 72 valence electrons. The maximum absolute atomic E-state index is 11.8. The highest BCUT2D eigenvalue weighted by molar-refractivity contribution is 5.81. The summed E-state index contributed by atoms with van der Waals surface area (Å²) >= 11 is 0. The van der Waals surface area contributed by atoms with Gasteiger partial charge in [-0.1, -0.05) is 12.2 Å². The lowest BCUT2D eigenvalue weighted by Crippen LogP contribution is -2.40. The number of amides is 1. The summed E-state index contributed by atoms with van der Waals surface area (Å²) in [6, 6.07) is 0. The number of hydrogen-bond donors (Lipinski definition) is 0. The Balaban J connectivity index is 1.91. The fraction of sp³-hybridized carbons (Fsp3) is 0.700. The van der Waals surface area contributed by atoms with E-state index in [4.69, 9.17) is 4.74 Å². The fourth-order valence-electron chi connectivity index (χ4n) is 1.82. The average Bonchev–Trinajstić information content (AvgIpc) is 2.71. The normalized spacial score (nSPS) is 28.0. The van der Waals surface area contributed by atoms with Crippen LogP contribution in [0.1, 0.15) is 19.3 Å². The molecule has 2 heterocycles. The average molecular weight is 181 g/mol. The van der Waals surface area contributed by atoms with Crippen molar-refractivity contribution in [2.75, 3.05) is 19.7 Å². The zero-order valence-electron chi connectivity index (χ0n) is 7.74. The Kier molecular flexibility index (Phi) is 2.64. The van der Waals surface area contributed by atoms with E-state index in [2.05, 4.69) is 12.2 Å². The number of carbonyl (C=O) groups is 1. The molecule has 1 fully saturated rings. The summed E-state index contributed by atoms with van der Waals surface area (Å²) in [5.74, 6) is 0.182. The van der Waals surface area contributed by atoms with Crippen LogP contribution in [0.15, 0.2) is 12.2 Å². The SMILES string of the molecule is O=C(C1CCCO1)N1CC=CCC1. The predicted octanol–water partition coefficient (Wildman–Crippen LogP) is 0.954. The van der Waals surface area contributed by atoms with Gasteiger partial charge in [-0.15, -0.1) is 0 Å². The second-order valence-electron chi connectivity index (χ2n) is 3.55. The Morgan fingerprint density at radius 3 is 3.00 bits per heavy atom. The van der Waals surface area contributed by atoms with Crippen LogP contribution in [0.2, 0.25) is 0 Å². The summed E-state index contributed by atoms with van der Waals surface area (Å²) < 4.78 is 5.35. The summed E-state index contributed by atoms with van der Waals surface area (Å²) in [6.07, 6.45) is 6.94. The van der Waals surface area contributed by atoms with Gasteiger partial charge in [-0.3, -0.25) is 4.79 Å². The number of hydrogen-bond acceptors (Lipinski definition) is 2. The molecule has 1 unspecified atom stereocenters. The van der Waals surface area contributed by atoms with Crippen LogP contribution in [0.3, 0.4) is 0 Å². The minimum absolute atomic E-state index is 0.147. The van der Waals surface area contributed by atoms with Crippen LogP contribution in [0.4, 0.5) is 0 Å². The van der Waals surface area contributed by atoms with Gasteiger partial charge in [0.05, 0.1) is 0 Å². The highest BCUT2D eigenvalue weighted by atomic mass is 16.5. The Morgan fingerprint density at radius 1 is 1.46 bits per heavy atom. The summed E-state index contributed by atoms with van der Waals surface area (Å²) in [5, 5.41) is 0. The van der Waals surface area contributed by atoms with Gasteiger partial charge in [0.25, 0.3) is 5.91 Å². The van der Waals surface area contributed by atoms with E-state index in [1.807, 2.05) is 4.90 Å². The van der Waals surface area contributed by atoms with Crippen molar-refractivity contribution < 1.29 is 9.53 Å². The largest absolute Gasteiger partial charge is 0.368 e. The van der Waals surface area contributed by atoms with Gasteiger partial charge < -0.3 is 9.64 Å². The lowest BCUT2D eigenvalue weighted by atomic mass is 10.2. The van der Waals surface area contributed by atoms with E-state index in [0.29, 0.717) is 0 Å². The molecule has 2 rings (SSSR count). The molecule has 0 bridgehead atoms. The van der Waals surface area contributed by atoms with Gasteiger partial charge in [-0.2, -0.15) is 0 Å². The lowest BCUT2D eigenvalue weighted by molar-refractivity contribution is -0.140. The molecule has 1 saturated heterocycles. The summed E-state index contributed by atoms with van der Waals surface area (Å²) in [7, 11) is 0. The van der Waals surface area contributed by atoms with Crippen molar-refractivity contribution in [2.45, 2.75) is 25.4 Å². The minimum atomic E-state index is -0.147. The van der Waals surface area contributed by atoms with Crippen LogP contribution in [0.5, 0.6) is 0 Å². The molecule has 0 radical (unpaired) electrons. The van der Waals surface area contributed by atoms with E-state index < -0.39 is 0 Å². The van der Waals surface area contributed by atoms with Gasteiger partial charge in [0, 0.05) is 19.7 Å². The quantitative estimate of drug-likeness (QED) is 0.564. The smallest absolute Gasteiger partial charge is 0.251 e. The van der Waals surface area contributed by atoms with Crippen molar-refractivity contribution in [3.63, 3.8) is 0 Å². The van der Waals surface area contributed by atoms with Crippen molar-refractivity contribution in [1.29, 1.82) is 0 Å². The van der Waals surface area contributed by atoms with E-state index in [9.17, 15) is 4.79 Å². The molecule has 1 atom stereocenters. The first-order valence-corrected chi connectivity index (χ1v) is 4.93. The zero-order chi connectivity index (χ0) is 9.10. The number of carbonyl (C=O) groups excluding carboxylic acids is 1. The Bertz CT molecular complexity index is 219. The third-order valence-corrected chi connectivity index (χ3v) is 2.57. The first kappa shape index (κ1) is 8.75. The maximum atomic E-state index is 11.8. The predicted molar refractivity (Wildman–Crippen MR) is 49.3 cm³/mol. The topological polar surface area (TPSA) is 29.5 Å².